The second kappa shape index (κ2) is 3.34. The zero-order valence-corrected chi connectivity index (χ0v) is 9.11. The highest BCUT2D eigenvalue weighted by Gasteiger charge is 2.23. The van der Waals surface area contributed by atoms with Crippen molar-refractivity contribution < 1.29 is 9.84 Å². The Balaban J connectivity index is 2.60. The van der Waals surface area contributed by atoms with Gasteiger partial charge in [-0.3, -0.25) is 0 Å². The maximum atomic E-state index is 9.59. The molecular weight excluding hydrogens is 281 g/mol. The van der Waals surface area contributed by atoms with Crippen LogP contribution in [-0.2, 0) is 0 Å². The van der Waals surface area contributed by atoms with E-state index in [0.29, 0.717) is 6.61 Å². The zero-order valence-electron chi connectivity index (χ0n) is 6.96. The number of phenols is 1. The molecule has 0 spiro atoms. The predicted octanol–water partition coefficient (Wildman–Crippen LogP) is 1.78. The summed E-state index contributed by atoms with van der Waals surface area (Å²) in [6, 6.07) is 3.39. The molecule has 1 aromatic carbocycles. The van der Waals surface area contributed by atoms with Gasteiger partial charge in [0.1, 0.15) is 11.5 Å². The van der Waals surface area contributed by atoms with E-state index in [1.54, 1.807) is 6.07 Å². The van der Waals surface area contributed by atoms with Gasteiger partial charge >= 0.3 is 0 Å². The van der Waals surface area contributed by atoms with Crippen LogP contribution in [0, 0.1) is 3.57 Å². The summed E-state index contributed by atoms with van der Waals surface area (Å²) in [5.74, 6) is 0.988. The molecule has 0 amide bonds. The van der Waals surface area contributed by atoms with Gasteiger partial charge in [-0.25, -0.2) is 0 Å². The maximum absolute atomic E-state index is 9.59. The summed E-state index contributed by atoms with van der Waals surface area (Å²) in [5, 5.41) is 9.59. The molecule has 4 heteroatoms. The Morgan fingerprint density at radius 3 is 3.00 bits per heavy atom. The monoisotopic (exact) mass is 291 g/mol. The molecule has 0 bridgehead atoms. The molecule has 1 aliphatic heterocycles. The molecule has 1 aliphatic rings. The molecule has 70 valence electrons. The van der Waals surface area contributed by atoms with Gasteiger partial charge in [0.15, 0.2) is 0 Å². The fraction of sp³-hybridized carbons (Fsp3) is 0.333. The minimum absolute atomic E-state index is 0.0986. The summed E-state index contributed by atoms with van der Waals surface area (Å²) >= 11 is 2.18. The number of hydrogen-bond donors (Lipinski definition) is 2. The van der Waals surface area contributed by atoms with Gasteiger partial charge in [0, 0.05) is 12.5 Å². The second-order valence-electron chi connectivity index (χ2n) is 3.05. The quantitative estimate of drug-likeness (QED) is 0.716. The lowest BCUT2D eigenvalue weighted by Gasteiger charge is -2.24. The molecule has 3 nitrogen and oxygen atoms in total. The van der Waals surface area contributed by atoms with Crippen LogP contribution in [-0.4, -0.2) is 11.7 Å². The lowest BCUT2D eigenvalue weighted by atomic mass is 10.0. The SMILES string of the molecule is N[C@H]1CCOc2c(I)ccc(O)c21. The van der Waals surface area contributed by atoms with E-state index in [4.69, 9.17) is 10.5 Å². The van der Waals surface area contributed by atoms with E-state index in [1.165, 1.54) is 0 Å². The normalized spacial score (nSPS) is 20.6. The molecule has 0 fully saturated rings. The Hall–Kier alpha value is -0.490. The fourth-order valence-corrected chi connectivity index (χ4v) is 2.13. The van der Waals surface area contributed by atoms with Gasteiger partial charge in [0.25, 0.3) is 0 Å². The summed E-state index contributed by atoms with van der Waals surface area (Å²) in [4.78, 5) is 0. The van der Waals surface area contributed by atoms with E-state index in [9.17, 15) is 5.11 Å². The number of fused-ring (bicyclic) bond motifs is 1. The van der Waals surface area contributed by atoms with Crippen LogP contribution >= 0.6 is 22.6 Å². The molecule has 0 saturated carbocycles. The standard InChI is InChI=1S/C9H10INO2/c10-5-1-2-7(12)8-6(11)3-4-13-9(5)8/h1-2,6,12H,3-4,11H2/t6-/m0/s1. The summed E-state index contributed by atoms with van der Waals surface area (Å²) in [6.07, 6.45) is 0.765. The fourth-order valence-electron chi connectivity index (χ4n) is 1.50. The maximum Gasteiger partial charge on any atom is 0.141 e. The van der Waals surface area contributed by atoms with Crippen molar-refractivity contribution in [3.05, 3.63) is 21.3 Å². The number of hydrogen-bond acceptors (Lipinski definition) is 3. The van der Waals surface area contributed by atoms with Gasteiger partial charge in [-0.15, -0.1) is 0 Å². The molecule has 0 radical (unpaired) electrons. The Labute approximate surface area is 90.0 Å². The second-order valence-corrected chi connectivity index (χ2v) is 4.22. The molecule has 3 N–H and O–H groups in total. The minimum Gasteiger partial charge on any atom is -0.507 e. The summed E-state index contributed by atoms with van der Waals surface area (Å²) in [7, 11) is 0. The van der Waals surface area contributed by atoms with E-state index in [2.05, 4.69) is 22.6 Å². The van der Waals surface area contributed by atoms with Crippen molar-refractivity contribution in [2.24, 2.45) is 5.73 Å². The number of rotatable bonds is 0. The molecule has 0 unspecified atom stereocenters. The molecular formula is C9H10INO2. The number of halogens is 1. The molecule has 0 saturated heterocycles. The van der Waals surface area contributed by atoms with E-state index in [0.717, 1.165) is 21.3 Å². The van der Waals surface area contributed by atoms with Crippen molar-refractivity contribution in [1.82, 2.24) is 0 Å². The van der Waals surface area contributed by atoms with Crippen molar-refractivity contribution in [3.63, 3.8) is 0 Å². The van der Waals surface area contributed by atoms with Crippen LogP contribution in [0.15, 0.2) is 12.1 Å². The van der Waals surface area contributed by atoms with Crippen molar-refractivity contribution >= 4 is 22.6 Å². The van der Waals surface area contributed by atoms with Crippen molar-refractivity contribution in [1.29, 1.82) is 0 Å². The molecule has 13 heavy (non-hydrogen) atoms. The highest BCUT2D eigenvalue weighted by Crippen LogP contribution is 2.40. The summed E-state index contributed by atoms with van der Waals surface area (Å²) in [6.45, 7) is 0.633. The van der Waals surface area contributed by atoms with E-state index >= 15 is 0 Å². The Morgan fingerprint density at radius 1 is 1.54 bits per heavy atom. The van der Waals surface area contributed by atoms with Crippen LogP contribution < -0.4 is 10.5 Å². The highest BCUT2D eigenvalue weighted by atomic mass is 127. The van der Waals surface area contributed by atoms with Crippen LogP contribution in [0.3, 0.4) is 0 Å². The van der Waals surface area contributed by atoms with Crippen LogP contribution in [0.1, 0.15) is 18.0 Å². The first-order valence-corrected chi connectivity index (χ1v) is 5.18. The van der Waals surface area contributed by atoms with Crippen molar-refractivity contribution in [2.45, 2.75) is 12.5 Å². The lowest BCUT2D eigenvalue weighted by Crippen LogP contribution is -2.21. The third-order valence-electron chi connectivity index (χ3n) is 2.17. The third kappa shape index (κ3) is 1.48. The van der Waals surface area contributed by atoms with Crippen molar-refractivity contribution in [3.8, 4) is 11.5 Å². The molecule has 1 aromatic rings. The molecule has 1 atom stereocenters. The van der Waals surface area contributed by atoms with E-state index in [-0.39, 0.29) is 11.8 Å². The van der Waals surface area contributed by atoms with E-state index in [1.807, 2.05) is 6.07 Å². The number of benzene rings is 1. The molecule has 1 heterocycles. The van der Waals surface area contributed by atoms with Crippen LogP contribution in [0.25, 0.3) is 0 Å². The van der Waals surface area contributed by atoms with Gasteiger partial charge in [-0.1, -0.05) is 0 Å². The first kappa shape index (κ1) is 9.08. The third-order valence-corrected chi connectivity index (χ3v) is 3.02. The average molecular weight is 291 g/mol. The first-order chi connectivity index (χ1) is 6.20. The van der Waals surface area contributed by atoms with Crippen LogP contribution in [0.5, 0.6) is 11.5 Å². The van der Waals surface area contributed by atoms with Gasteiger partial charge in [-0.05, 0) is 34.7 Å². The van der Waals surface area contributed by atoms with Gasteiger partial charge < -0.3 is 15.6 Å². The van der Waals surface area contributed by atoms with Gasteiger partial charge in [-0.2, -0.15) is 0 Å². The Morgan fingerprint density at radius 2 is 2.31 bits per heavy atom. The summed E-state index contributed by atoms with van der Waals surface area (Å²) < 4.78 is 6.46. The topological polar surface area (TPSA) is 55.5 Å². The smallest absolute Gasteiger partial charge is 0.141 e. The lowest BCUT2D eigenvalue weighted by molar-refractivity contribution is 0.262. The van der Waals surface area contributed by atoms with Crippen LogP contribution in [0.4, 0.5) is 0 Å². The average Bonchev–Trinajstić information content (AvgIpc) is 2.12. The Bertz CT molecular complexity index is 341. The highest BCUT2D eigenvalue weighted by molar-refractivity contribution is 14.1. The van der Waals surface area contributed by atoms with Crippen molar-refractivity contribution in [2.75, 3.05) is 6.61 Å². The van der Waals surface area contributed by atoms with Gasteiger partial charge in [0.2, 0.25) is 0 Å². The molecule has 0 aromatic heterocycles. The number of ether oxygens (including phenoxy) is 1. The number of nitrogens with two attached hydrogens (primary N) is 1. The minimum atomic E-state index is -0.0986. The Kier molecular flexibility index (Phi) is 2.33. The predicted molar refractivity (Wildman–Crippen MR) is 57.9 cm³/mol. The first-order valence-electron chi connectivity index (χ1n) is 4.10. The van der Waals surface area contributed by atoms with Crippen LogP contribution in [0.2, 0.25) is 0 Å². The summed E-state index contributed by atoms with van der Waals surface area (Å²) in [5.41, 5.74) is 6.62. The van der Waals surface area contributed by atoms with E-state index < -0.39 is 0 Å². The molecule has 2 rings (SSSR count). The van der Waals surface area contributed by atoms with Gasteiger partial charge in [0.05, 0.1) is 15.7 Å². The number of aromatic hydroxyl groups is 1. The zero-order chi connectivity index (χ0) is 9.42. The largest absolute Gasteiger partial charge is 0.507 e. The molecule has 0 aliphatic carbocycles. The number of phenolic OH excluding ortho intramolecular Hbond substituents is 1.